The largest absolute Gasteiger partial charge is 0.515 e. The van der Waals surface area contributed by atoms with Crippen molar-refractivity contribution in [3.63, 3.8) is 0 Å². The molecule has 180 valence electrons. The Bertz CT molecular complexity index is 532. The summed E-state index contributed by atoms with van der Waals surface area (Å²) < 4.78 is 31.3. The van der Waals surface area contributed by atoms with Gasteiger partial charge in [0.25, 0.3) is 0 Å². The predicted molar refractivity (Wildman–Crippen MR) is 124 cm³/mol. The highest BCUT2D eigenvalue weighted by atomic mass is 28.5. The molecule has 0 aliphatic carbocycles. The van der Waals surface area contributed by atoms with E-state index in [1.54, 1.807) is 0 Å². The molecule has 0 spiro atoms. The molecule has 0 aromatic rings. The fourth-order valence-corrected chi connectivity index (χ4v) is 17.5. The second kappa shape index (κ2) is 14.6. The Balaban J connectivity index is 4.26. The summed E-state index contributed by atoms with van der Waals surface area (Å²) >= 11 is 0. The van der Waals surface area contributed by atoms with Crippen molar-refractivity contribution in [2.75, 3.05) is 13.2 Å². The molecule has 0 rings (SSSR count). The van der Waals surface area contributed by atoms with E-state index in [-0.39, 0.29) is 13.1 Å². The summed E-state index contributed by atoms with van der Waals surface area (Å²) in [7, 11) is -6.17. The monoisotopic (exact) mass is 494 g/mol. The van der Waals surface area contributed by atoms with E-state index in [9.17, 15) is 14.4 Å². The van der Waals surface area contributed by atoms with Gasteiger partial charge >= 0.3 is 27.3 Å². The first-order valence-electron chi connectivity index (χ1n) is 10.4. The summed E-state index contributed by atoms with van der Waals surface area (Å²) in [6, 6.07) is 1.86. The zero-order valence-electron chi connectivity index (χ0n) is 19.7. The van der Waals surface area contributed by atoms with E-state index < -0.39 is 37.5 Å². The van der Waals surface area contributed by atoms with Crippen LogP contribution in [0.3, 0.4) is 0 Å². The van der Waals surface area contributed by atoms with Gasteiger partial charge in [-0.2, -0.15) is 0 Å². The van der Waals surface area contributed by atoms with Gasteiger partial charge in [0.1, 0.15) is 0 Å². The number of rotatable bonds is 16. The van der Waals surface area contributed by atoms with Crippen LogP contribution in [0.25, 0.3) is 0 Å². The minimum absolute atomic E-state index is 0.0533. The second-order valence-corrected chi connectivity index (χ2v) is 21.2. The van der Waals surface area contributed by atoms with Gasteiger partial charge in [-0.3, -0.25) is 4.79 Å². The first kappa shape index (κ1) is 29.5. The first-order chi connectivity index (χ1) is 14.3. The molecule has 0 aliphatic heterocycles. The van der Waals surface area contributed by atoms with E-state index in [1.165, 1.54) is 0 Å². The topological polar surface area (TPSA) is 107 Å². The Labute approximate surface area is 188 Å². The molecule has 9 nitrogen and oxygen atoms in total. The van der Waals surface area contributed by atoms with Crippen LogP contribution in [-0.4, -0.2) is 57.2 Å². The number of carbonyl (C=O) groups is 3. The standard InChI is InChI=1S/C19H38O9Si3/c1-8-23-18(21)24-13-9-11-15-29(2,3)27-31(6,7)28-30(4,5)16-12-10-14-25-19(22)26-17-20/h8,17H,1,9-16H2,2-7H3. The fourth-order valence-electron chi connectivity index (χ4n) is 3.25. The lowest BCUT2D eigenvalue weighted by Crippen LogP contribution is -2.52. The van der Waals surface area contributed by atoms with Crippen molar-refractivity contribution >= 4 is 44.0 Å². The van der Waals surface area contributed by atoms with Gasteiger partial charge in [-0.05, 0) is 64.2 Å². The molecule has 0 bridgehead atoms. The van der Waals surface area contributed by atoms with Crippen LogP contribution in [0.5, 0.6) is 0 Å². The highest BCUT2D eigenvalue weighted by Crippen LogP contribution is 2.26. The molecule has 0 aromatic heterocycles. The number of ether oxygens (including phenoxy) is 4. The smallest absolute Gasteiger partial charge is 0.437 e. The molecule has 0 aliphatic rings. The maximum absolute atomic E-state index is 11.1. The lowest BCUT2D eigenvalue weighted by atomic mass is 10.4. The van der Waals surface area contributed by atoms with Crippen molar-refractivity contribution in [1.29, 1.82) is 0 Å². The van der Waals surface area contributed by atoms with Crippen LogP contribution < -0.4 is 0 Å². The van der Waals surface area contributed by atoms with Crippen LogP contribution >= 0.6 is 0 Å². The van der Waals surface area contributed by atoms with Crippen molar-refractivity contribution in [2.45, 2.75) is 77.1 Å². The normalized spacial score (nSPS) is 12.1. The fraction of sp³-hybridized carbons (Fsp3) is 0.737. The molecule has 0 saturated carbocycles. The van der Waals surface area contributed by atoms with Crippen LogP contribution in [-0.2, 0) is 32.0 Å². The second-order valence-electron chi connectivity index (χ2n) is 8.73. The van der Waals surface area contributed by atoms with E-state index in [0.717, 1.165) is 37.6 Å². The average Bonchev–Trinajstić information content (AvgIpc) is 2.59. The third-order valence-corrected chi connectivity index (χ3v) is 15.6. The van der Waals surface area contributed by atoms with E-state index in [4.69, 9.17) is 17.7 Å². The van der Waals surface area contributed by atoms with Gasteiger partial charge in [0, 0.05) is 0 Å². The highest BCUT2D eigenvalue weighted by molar-refractivity contribution is 6.87. The number of unbranched alkanes of at least 4 members (excludes halogenated alkanes) is 2. The Morgan fingerprint density at radius 3 is 1.55 bits per heavy atom. The van der Waals surface area contributed by atoms with Crippen molar-refractivity contribution in [2.24, 2.45) is 0 Å². The van der Waals surface area contributed by atoms with E-state index in [1.807, 2.05) is 0 Å². The van der Waals surface area contributed by atoms with Crippen molar-refractivity contribution in [1.82, 2.24) is 0 Å². The molecule has 0 unspecified atom stereocenters. The van der Waals surface area contributed by atoms with Crippen molar-refractivity contribution < 1.29 is 41.6 Å². The lowest BCUT2D eigenvalue weighted by Gasteiger charge is -2.38. The molecule has 0 aromatic carbocycles. The van der Waals surface area contributed by atoms with Gasteiger partial charge < -0.3 is 27.2 Å². The summed E-state index contributed by atoms with van der Waals surface area (Å²) in [6.07, 6.45) is 2.52. The van der Waals surface area contributed by atoms with E-state index >= 15 is 0 Å². The van der Waals surface area contributed by atoms with Crippen LogP contribution in [0.2, 0.25) is 51.4 Å². The van der Waals surface area contributed by atoms with Crippen LogP contribution in [0.1, 0.15) is 25.7 Å². The van der Waals surface area contributed by atoms with Gasteiger partial charge in [-0.15, -0.1) is 0 Å². The van der Waals surface area contributed by atoms with Crippen LogP contribution in [0.15, 0.2) is 12.8 Å². The van der Waals surface area contributed by atoms with Gasteiger partial charge in [-0.25, -0.2) is 9.59 Å². The third kappa shape index (κ3) is 16.8. The summed E-state index contributed by atoms with van der Waals surface area (Å²) in [5, 5.41) is 0. The molecule has 0 heterocycles. The zero-order valence-corrected chi connectivity index (χ0v) is 22.7. The van der Waals surface area contributed by atoms with E-state index in [0.29, 0.717) is 13.0 Å². The van der Waals surface area contributed by atoms with E-state index in [2.05, 4.69) is 55.3 Å². The molecule has 0 saturated heterocycles. The highest BCUT2D eigenvalue weighted by Gasteiger charge is 2.39. The Hall–Kier alpha value is -1.48. The molecule has 0 atom stereocenters. The van der Waals surface area contributed by atoms with Gasteiger partial charge in [0.05, 0.1) is 19.5 Å². The predicted octanol–water partition coefficient (Wildman–Crippen LogP) is 5.30. The molecule has 0 radical (unpaired) electrons. The number of carbonyl (C=O) groups excluding carboxylic acids is 3. The minimum Gasteiger partial charge on any atom is -0.437 e. The summed E-state index contributed by atoms with van der Waals surface area (Å²) in [5.74, 6) is 0. The van der Waals surface area contributed by atoms with Crippen LogP contribution in [0, 0.1) is 0 Å². The van der Waals surface area contributed by atoms with Crippen molar-refractivity contribution in [3.05, 3.63) is 12.8 Å². The molecular formula is C19H38O9Si3. The Kier molecular flexibility index (Phi) is 13.9. The molecule has 0 fully saturated rings. The van der Waals surface area contributed by atoms with Crippen molar-refractivity contribution in [3.8, 4) is 0 Å². The third-order valence-electron chi connectivity index (χ3n) is 4.15. The maximum Gasteiger partial charge on any atom is 0.515 e. The maximum atomic E-state index is 11.1. The Morgan fingerprint density at radius 2 is 1.16 bits per heavy atom. The molecule has 12 heteroatoms. The molecule has 0 amide bonds. The molecule has 0 N–H and O–H groups in total. The summed E-state index contributed by atoms with van der Waals surface area (Å²) in [6.45, 7) is 16.8. The minimum atomic E-state index is -2.31. The number of hydrogen-bond acceptors (Lipinski definition) is 9. The van der Waals surface area contributed by atoms with Gasteiger partial charge in [0.2, 0.25) is 0 Å². The lowest BCUT2D eigenvalue weighted by molar-refractivity contribution is -0.125. The molecule has 31 heavy (non-hydrogen) atoms. The van der Waals surface area contributed by atoms with Gasteiger partial charge in [-0.1, -0.05) is 19.4 Å². The Morgan fingerprint density at radius 1 is 0.742 bits per heavy atom. The molecular weight excluding hydrogens is 456 g/mol. The van der Waals surface area contributed by atoms with Gasteiger partial charge in [0.15, 0.2) is 16.6 Å². The number of hydrogen-bond donors (Lipinski definition) is 0. The summed E-state index contributed by atoms with van der Waals surface area (Å²) in [5.41, 5.74) is 0. The zero-order chi connectivity index (χ0) is 24.0. The van der Waals surface area contributed by atoms with Crippen LogP contribution in [0.4, 0.5) is 9.59 Å². The average molecular weight is 495 g/mol. The SMILES string of the molecule is C=COC(=O)OCCCC[Si](C)(C)O[Si](C)(C)O[Si](C)(C)CCCCOC(=O)OC=O. The first-order valence-corrected chi connectivity index (χ1v) is 19.5. The quantitative estimate of drug-likeness (QED) is 0.0705. The summed E-state index contributed by atoms with van der Waals surface area (Å²) in [4.78, 5) is 32.1.